The lowest BCUT2D eigenvalue weighted by atomic mass is 10.2. The number of hydrogen-bond acceptors (Lipinski definition) is 6. The molecule has 0 bridgehead atoms. The van der Waals surface area contributed by atoms with Crippen LogP contribution in [0.3, 0.4) is 0 Å². The third-order valence-corrected chi connectivity index (χ3v) is 5.05. The zero-order chi connectivity index (χ0) is 19.2. The largest absolute Gasteiger partial charge is 0.507 e. The van der Waals surface area contributed by atoms with E-state index in [9.17, 15) is 18.3 Å². The van der Waals surface area contributed by atoms with Gasteiger partial charge in [-0.05, 0) is 37.6 Å². The lowest BCUT2D eigenvalue weighted by Crippen LogP contribution is -2.25. The van der Waals surface area contributed by atoms with Crippen LogP contribution in [-0.2, 0) is 26.1 Å². The van der Waals surface area contributed by atoms with Crippen LogP contribution in [0.1, 0.15) is 18.1 Å². The van der Waals surface area contributed by atoms with Crippen molar-refractivity contribution < 1.29 is 23.1 Å². The van der Waals surface area contributed by atoms with E-state index in [-0.39, 0.29) is 30.3 Å². The van der Waals surface area contributed by atoms with Gasteiger partial charge in [-0.15, -0.1) is 0 Å². The molecule has 2 rings (SSSR count). The summed E-state index contributed by atoms with van der Waals surface area (Å²) in [7, 11) is -4.00. The quantitative estimate of drug-likeness (QED) is 0.608. The maximum Gasteiger partial charge on any atom is 0.319 e. The molecule has 7 nitrogen and oxygen atoms in total. The highest BCUT2D eigenvalue weighted by molar-refractivity contribution is 7.92. The van der Waals surface area contributed by atoms with Gasteiger partial charge in [0.1, 0.15) is 10.6 Å². The molecule has 0 aliphatic carbocycles. The first-order valence-electron chi connectivity index (χ1n) is 8.10. The molecule has 2 aromatic carbocycles. The van der Waals surface area contributed by atoms with Gasteiger partial charge < -0.3 is 15.2 Å². The molecule has 140 valence electrons. The van der Waals surface area contributed by atoms with Crippen molar-refractivity contribution in [1.29, 1.82) is 0 Å². The highest BCUT2D eigenvalue weighted by atomic mass is 32.2. The zero-order valence-corrected chi connectivity index (χ0v) is 15.5. The Morgan fingerprint density at radius 1 is 1.15 bits per heavy atom. The second kappa shape index (κ2) is 8.68. The van der Waals surface area contributed by atoms with Crippen LogP contribution in [0.2, 0.25) is 0 Å². The van der Waals surface area contributed by atoms with Gasteiger partial charge in [0.25, 0.3) is 10.0 Å². The molecule has 3 N–H and O–H groups in total. The van der Waals surface area contributed by atoms with E-state index in [2.05, 4.69) is 10.0 Å². The topological polar surface area (TPSA) is 105 Å². The van der Waals surface area contributed by atoms with Gasteiger partial charge in [0.2, 0.25) is 0 Å². The zero-order valence-electron chi connectivity index (χ0n) is 14.7. The van der Waals surface area contributed by atoms with Gasteiger partial charge in [-0.2, -0.15) is 0 Å². The van der Waals surface area contributed by atoms with Crippen LogP contribution in [0.15, 0.2) is 47.4 Å². The standard InChI is InChI=1S/C18H22N2O5S/c1-3-25-17(22)12-19-11-14-5-4-6-16(21)18(14)26(23,24)20-15-9-7-13(2)8-10-15/h4-10,19-21H,3,11-12H2,1-2H3. The maximum atomic E-state index is 12.7. The van der Waals surface area contributed by atoms with E-state index >= 15 is 0 Å². The van der Waals surface area contributed by atoms with Gasteiger partial charge in [0.05, 0.1) is 13.2 Å². The Balaban J connectivity index is 2.21. The number of sulfonamides is 1. The van der Waals surface area contributed by atoms with E-state index in [1.807, 2.05) is 6.92 Å². The number of ether oxygens (including phenoxy) is 1. The van der Waals surface area contributed by atoms with Gasteiger partial charge in [0, 0.05) is 12.2 Å². The van der Waals surface area contributed by atoms with Crippen LogP contribution in [0.25, 0.3) is 0 Å². The molecule has 0 spiro atoms. The average Bonchev–Trinajstić information content (AvgIpc) is 2.57. The van der Waals surface area contributed by atoms with Crippen molar-refractivity contribution >= 4 is 21.7 Å². The number of rotatable bonds is 8. The smallest absolute Gasteiger partial charge is 0.319 e. The fourth-order valence-corrected chi connectivity index (χ4v) is 3.74. The summed E-state index contributed by atoms with van der Waals surface area (Å²) >= 11 is 0. The van der Waals surface area contributed by atoms with Crippen LogP contribution in [0, 0.1) is 6.92 Å². The SMILES string of the molecule is CCOC(=O)CNCc1cccc(O)c1S(=O)(=O)Nc1ccc(C)cc1. The summed E-state index contributed by atoms with van der Waals surface area (Å²) in [6, 6.07) is 11.3. The Kier molecular flexibility index (Phi) is 6.59. The van der Waals surface area contributed by atoms with Crippen molar-refractivity contribution in [3.8, 4) is 5.75 Å². The summed E-state index contributed by atoms with van der Waals surface area (Å²) in [5.41, 5.74) is 1.73. The first kappa shape index (κ1) is 19.7. The summed E-state index contributed by atoms with van der Waals surface area (Å²) in [6.45, 7) is 3.89. The molecule has 0 radical (unpaired) electrons. The predicted octanol–water partition coefficient (Wildman–Crippen LogP) is 2.15. The minimum absolute atomic E-state index is 0.0611. The Labute approximate surface area is 153 Å². The highest BCUT2D eigenvalue weighted by Crippen LogP contribution is 2.28. The van der Waals surface area contributed by atoms with Gasteiger partial charge in [-0.3, -0.25) is 9.52 Å². The van der Waals surface area contributed by atoms with Crippen LogP contribution >= 0.6 is 0 Å². The van der Waals surface area contributed by atoms with E-state index < -0.39 is 16.0 Å². The monoisotopic (exact) mass is 378 g/mol. The van der Waals surface area contributed by atoms with Crippen LogP contribution in [0.4, 0.5) is 5.69 Å². The Morgan fingerprint density at radius 2 is 1.85 bits per heavy atom. The van der Waals surface area contributed by atoms with Crippen LogP contribution < -0.4 is 10.0 Å². The van der Waals surface area contributed by atoms with Crippen LogP contribution in [-0.4, -0.2) is 32.6 Å². The number of phenols is 1. The number of benzene rings is 2. The van der Waals surface area contributed by atoms with E-state index in [0.717, 1.165) is 5.56 Å². The Hall–Kier alpha value is -2.58. The second-order valence-corrected chi connectivity index (χ2v) is 7.26. The molecular weight excluding hydrogens is 356 g/mol. The maximum absolute atomic E-state index is 12.7. The molecule has 0 saturated heterocycles. The number of hydrogen-bond donors (Lipinski definition) is 3. The Bertz CT molecular complexity index is 864. The van der Waals surface area contributed by atoms with Crippen molar-refractivity contribution in [2.24, 2.45) is 0 Å². The van der Waals surface area contributed by atoms with E-state index in [1.54, 1.807) is 43.3 Å². The van der Waals surface area contributed by atoms with E-state index in [4.69, 9.17) is 4.74 Å². The van der Waals surface area contributed by atoms with Gasteiger partial charge in [-0.1, -0.05) is 29.8 Å². The second-order valence-electron chi connectivity index (χ2n) is 5.65. The van der Waals surface area contributed by atoms with E-state index in [0.29, 0.717) is 11.3 Å². The first-order chi connectivity index (χ1) is 12.3. The lowest BCUT2D eigenvalue weighted by Gasteiger charge is -2.14. The van der Waals surface area contributed by atoms with Crippen molar-refractivity contribution in [2.75, 3.05) is 17.9 Å². The molecule has 0 aromatic heterocycles. The molecule has 8 heteroatoms. The minimum atomic E-state index is -4.00. The third kappa shape index (κ3) is 5.21. The fourth-order valence-electron chi connectivity index (χ4n) is 2.36. The summed E-state index contributed by atoms with van der Waals surface area (Å²) in [4.78, 5) is 11.2. The highest BCUT2D eigenvalue weighted by Gasteiger charge is 2.23. The number of carbonyl (C=O) groups is 1. The molecule has 0 unspecified atom stereocenters. The predicted molar refractivity (Wildman–Crippen MR) is 98.4 cm³/mol. The van der Waals surface area contributed by atoms with Crippen molar-refractivity contribution in [1.82, 2.24) is 5.32 Å². The molecular formula is C18H22N2O5S. The number of aromatic hydroxyl groups is 1. The number of phenolic OH excluding ortho intramolecular Hbond substituents is 1. The molecule has 2 aromatic rings. The summed E-state index contributed by atoms with van der Waals surface area (Å²) < 4.78 is 32.7. The van der Waals surface area contributed by atoms with Crippen molar-refractivity contribution in [2.45, 2.75) is 25.3 Å². The van der Waals surface area contributed by atoms with E-state index in [1.165, 1.54) is 6.07 Å². The Morgan fingerprint density at radius 3 is 2.50 bits per heavy atom. The van der Waals surface area contributed by atoms with Gasteiger partial charge >= 0.3 is 5.97 Å². The molecule has 0 heterocycles. The third-order valence-electron chi connectivity index (χ3n) is 3.54. The number of aryl methyl sites for hydroxylation is 1. The first-order valence-corrected chi connectivity index (χ1v) is 9.58. The van der Waals surface area contributed by atoms with Crippen molar-refractivity contribution in [3.05, 3.63) is 53.6 Å². The molecule has 0 fully saturated rings. The molecule has 0 atom stereocenters. The van der Waals surface area contributed by atoms with Gasteiger partial charge in [0.15, 0.2) is 0 Å². The minimum Gasteiger partial charge on any atom is -0.507 e. The fraction of sp³-hybridized carbons (Fsp3) is 0.278. The normalized spacial score (nSPS) is 11.2. The molecule has 0 saturated carbocycles. The lowest BCUT2D eigenvalue weighted by molar-refractivity contribution is -0.142. The molecule has 0 aliphatic heterocycles. The summed E-state index contributed by atoms with van der Waals surface area (Å²) in [6.07, 6.45) is 0. The number of nitrogens with one attached hydrogen (secondary N) is 2. The number of anilines is 1. The number of esters is 1. The summed E-state index contributed by atoms with van der Waals surface area (Å²) in [5, 5.41) is 12.9. The average molecular weight is 378 g/mol. The molecule has 0 amide bonds. The molecule has 26 heavy (non-hydrogen) atoms. The van der Waals surface area contributed by atoms with Gasteiger partial charge in [-0.25, -0.2) is 8.42 Å². The number of carbonyl (C=O) groups excluding carboxylic acids is 1. The molecule has 0 aliphatic rings. The summed E-state index contributed by atoms with van der Waals surface area (Å²) in [5.74, 6) is -0.796. The van der Waals surface area contributed by atoms with Crippen LogP contribution in [0.5, 0.6) is 5.75 Å². The van der Waals surface area contributed by atoms with Crippen molar-refractivity contribution in [3.63, 3.8) is 0 Å².